The third-order valence-corrected chi connectivity index (χ3v) is 1.75. The van der Waals surface area contributed by atoms with Gasteiger partial charge < -0.3 is 10.1 Å². The third-order valence-electron chi connectivity index (χ3n) is 1.75. The predicted octanol–water partition coefficient (Wildman–Crippen LogP) is 0.0340. The number of aromatic nitrogens is 3. The number of methoxy groups -OCH3 is 1. The van der Waals surface area contributed by atoms with Crippen LogP contribution in [0.1, 0.15) is 12.2 Å². The van der Waals surface area contributed by atoms with Crippen LogP contribution >= 0.6 is 0 Å². The summed E-state index contributed by atoms with van der Waals surface area (Å²) in [6, 6.07) is 0. The van der Waals surface area contributed by atoms with Crippen LogP contribution in [0.5, 0.6) is 0 Å². The summed E-state index contributed by atoms with van der Waals surface area (Å²) in [4.78, 5) is 4.13. The average molecular weight is 184 g/mol. The van der Waals surface area contributed by atoms with Gasteiger partial charge in [0.25, 0.3) is 0 Å². The predicted molar refractivity (Wildman–Crippen MR) is 49.3 cm³/mol. The second kappa shape index (κ2) is 5.66. The Morgan fingerprint density at radius 1 is 1.62 bits per heavy atom. The summed E-state index contributed by atoms with van der Waals surface area (Å²) in [5.74, 6) is 0.971. The lowest BCUT2D eigenvalue weighted by Gasteiger charge is -2.04. The van der Waals surface area contributed by atoms with Crippen LogP contribution in [0.15, 0.2) is 6.33 Å². The van der Waals surface area contributed by atoms with Gasteiger partial charge in [-0.05, 0) is 13.5 Å². The lowest BCUT2D eigenvalue weighted by atomic mass is 10.4. The van der Waals surface area contributed by atoms with Crippen molar-refractivity contribution in [3.05, 3.63) is 12.2 Å². The molecule has 5 heteroatoms. The van der Waals surface area contributed by atoms with E-state index in [1.165, 1.54) is 0 Å². The lowest BCUT2D eigenvalue weighted by molar-refractivity contribution is 0.188. The average Bonchev–Trinajstić information content (AvgIpc) is 2.54. The molecule has 1 rings (SSSR count). The van der Waals surface area contributed by atoms with Gasteiger partial charge in [-0.3, -0.25) is 0 Å². The van der Waals surface area contributed by atoms with Crippen molar-refractivity contribution in [3.63, 3.8) is 0 Å². The van der Waals surface area contributed by atoms with Crippen molar-refractivity contribution in [1.29, 1.82) is 0 Å². The number of rotatable bonds is 6. The molecule has 0 saturated heterocycles. The Balaban J connectivity index is 2.40. The van der Waals surface area contributed by atoms with Gasteiger partial charge in [-0.2, -0.15) is 5.10 Å². The Morgan fingerprint density at radius 2 is 2.46 bits per heavy atom. The molecule has 0 saturated carbocycles. The van der Waals surface area contributed by atoms with E-state index < -0.39 is 0 Å². The fourth-order valence-electron chi connectivity index (χ4n) is 1.13. The largest absolute Gasteiger partial charge is 0.385 e. The van der Waals surface area contributed by atoms with Crippen LogP contribution in [0.25, 0.3) is 0 Å². The van der Waals surface area contributed by atoms with E-state index in [-0.39, 0.29) is 0 Å². The molecule has 0 fully saturated rings. The summed E-state index contributed by atoms with van der Waals surface area (Å²) >= 11 is 0. The first-order valence-corrected chi connectivity index (χ1v) is 4.38. The van der Waals surface area contributed by atoms with Gasteiger partial charge in [0.1, 0.15) is 12.2 Å². The fraction of sp³-hybridized carbons (Fsp3) is 0.750. The minimum atomic E-state index is 0.757. The molecule has 0 aliphatic rings. The van der Waals surface area contributed by atoms with Gasteiger partial charge in [0, 0.05) is 20.3 Å². The maximum absolute atomic E-state index is 4.96. The second-order valence-electron chi connectivity index (χ2n) is 2.78. The van der Waals surface area contributed by atoms with Crippen LogP contribution in [0.4, 0.5) is 0 Å². The SMILES string of the molecule is CNCc1ncnn1CCCOC. The van der Waals surface area contributed by atoms with Gasteiger partial charge in [-0.1, -0.05) is 0 Å². The number of nitrogens with zero attached hydrogens (tertiary/aromatic N) is 3. The minimum absolute atomic E-state index is 0.757. The minimum Gasteiger partial charge on any atom is -0.385 e. The Morgan fingerprint density at radius 3 is 3.15 bits per heavy atom. The van der Waals surface area contributed by atoms with E-state index in [1.807, 2.05) is 11.7 Å². The molecule has 0 aliphatic carbocycles. The first kappa shape index (κ1) is 10.1. The highest BCUT2D eigenvalue weighted by molar-refractivity contribution is 4.82. The first-order chi connectivity index (χ1) is 6.38. The van der Waals surface area contributed by atoms with Gasteiger partial charge in [-0.25, -0.2) is 9.67 Å². The highest BCUT2D eigenvalue weighted by atomic mass is 16.5. The number of aryl methyl sites for hydroxylation is 1. The molecule has 0 spiro atoms. The number of ether oxygens (including phenoxy) is 1. The van der Waals surface area contributed by atoms with Gasteiger partial charge in [0.05, 0.1) is 6.54 Å². The summed E-state index contributed by atoms with van der Waals surface area (Å²) in [6.45, 7) is 2.39. The van der Waals surface area contributed by atoms with E-state index in [0.29, 0.717) is 0 Å². The van der Waals surface area contributed by atoms with Crippen molar-refractivity contribution in [2.45, 2.75) is 19.5 Å². The fourth-order valence-corrected chi connectivity index (χ4v) is 1.13. The first-order valence-electron chi connectivity index (χ1n) is 4.38. The zero-order chi connectivity index (χ0) is 9.52. The van der Waals surface area contributed by atoms with Crippen LogP contribution in [-0.2, 0) is 17.8 Å². The Kier molecular flexibility index (Phi) is 4.42. The molecule has 1 aromatic heterocycles. The molecule has 0 aromatic carbocycles. The van der Waals surface area contributed by atoms with E-state index in [0.717, 1.165) is 31.9 Å². The number of nitrogens with one attached hydrogen (secondary N) is 1. The van der Waals surface area contributed by atoms with E-state index >= 15 is 0 Å². The highest BCUT2D eigenvalue weighted by Crippen LogP contribution is 1.95. The smallest absolute Gasteiger partial charge is 0.140 e. The summed E-state index contributed by atoms with van der Waals surface area (Å²) in [5.41, 5.74) is 0. The molecule has 1 aromatic rings. The van der Waals surface area contributed by atoms with Crippen LogP contribution in [0.2, 0.25) is 0 Å². The van der Waals surface area contributed by atoms with Gasteiger partial charge in [-0.15, -0.1) is 0 Å². The van der Waals surface area contributed by atoms with Crippen molar-refractivity contribution in [3.8, 4) is 0 Å². The summed E-state index contributed by atoms with van der Waals surface area (Å²) in [5, 5.41) is 7.16. The van der Waals surface area contributed by atoms with Crippen LogP contribution in [0, 0.1) is 0 Å². The van der Waals surface area contributed by atoms with Gasteiger partial charge >= 0.3 is 0 Å². The van der Waals surface area contributed by atoms with Gasteiger partial charge in [0.2, 0.25) is 0 Å². The quantitative estimate of drug-likeness (QED) is 0.634. The topological polar surface area (TPSA) is 52.0 Å². The zero-order valence-electron chi connectivity index (χ0n) is 8.16. The van der Waals surface area contributed by atoms with Crippen LogP contribution in [-0.4, -0.2) is 35.5 Å². The van der Waals surface area contributed by atoms with E-state index in [2.05, 4.69) is 15.4 Å². The molecule has 0 amide bonds. The monoisotopic (exact) mass is 184 g/mol. The van der Waals surface area contributed by atoms with Crippen molar-refractivity contribution < 1.29 is 4.74 Å². The molecule has 0 aliphatic heterocycles. The summed E-state index contributed by atoms with van der Waals surface area (Å²) in [7, 11) is 3.60. The molecule has 1 heterocycles. The Hall–Kier alpha value is -0.940. The summed E-state index contributed by atoms with van der Waals surface area (Å²) < 4.78 is 6.86. The standard InChI is InChI=1S/C8H16N4O/c1-9-6-8-10-7-11-12(8)4-3-5-13-2/h7,9H,3-6H2,1-2H3. The molecule has 0 unspecified atom stereocenters. The Bertz CT molecular complexity index is 236. The number of hydrogen-bond acceptors (Lipinski definition) is 4. The van der Waals surface area contributed by atoms with Crippen molar-refractivity contribution >= 4 is 0 Å². The molecule has 0 radical (unpaired) electrons. The summed E-state index contributed by atoms with van der Waals surface area (Å²) in [6.07, 6.45) is 2.55. The molecule has 5 nitrogen and oxygen atoms in total. The van der Waals surface area contributed by atoms with Crippen molar-refractivity contribution in [2.75, 3.05) is 20.8 Å². The zero-order valence-corrected chi connectivity index (χ0v) is 8.16. The van der Waals surface area contributed by atoms with Crippen molar-refractivity contribution in [2.24, 2.45) is 0 Å². The van der Waals surface area contributed by atoms with E-state index in [9.17, 15) is 0 Å². The molecule has 1 N–H and O–H groups in total. The molecule has 0 bridgehead atoms. The molecule has 74 valence electrons. The van der Waals surface area contributed by atoms with Crippen LogP contribution in [0.3, 0.4) is 0 Å². The van der Waals surface area contributed by atoms with Crippen molar-refractivity contribution in [1.82, 2.24) is 20.1 Å². The molecule has 13 heavy (non-hydrogen) atoms. The number of hydrogen-bond donors (Lipinski definition) is 1. The van der Waals surface area contributed by atoms with Gasteiger partial charge in [0.15, 0.2) is 0 Å². The Labute approximate surface area is 78.1 Å². The highest BCUT2D eigenvalue weighted by Gasteiger charge is 2.01. The molecule has 0 atom stereocenters. The van der Waals surface area contributed by atoms with Crippen LogP contribution < -0.4 is 5.32 Å². The lowest BCUT2D eigenvalue weighted by Crippen LogP contribution is -2.14. The second-order valence-corrected chi connectivity index (χ2v) is 2.78. The maximum atomic E-state index is 4.96. The maximum Gasteiger partial charge on any atom is 0.140 e. The van der Waals surface area contributed by atoms with E-state index in [4.69, 9.17) is 4.74 Å². The third kappa shape index (κ3) is 3.12. The normalized spacial score (nSPS) is 10.6. The van der Waals surface area contributed by atoms with E-state index in [1.54, 1.807) is 13.4 Å². The molecular weight excluding hydrogens is 168 g/mol. The molecular formula is C8H16N4O.